The molecule has 3 atom stereocenters. The van der Waals surface area contributed by atoms with E-state index in [0.717, 1.165) is 61.9 Å². The molecular weight excluding hydrogens is 1220 g/mol. The van der Waals surface area contributed by atoms with Crippen LogP contribution in [0.4, 0.5) is 26.3 Å². The van der Waals surface area contributed by atoms with Crippen LogP contribution in [-0.4, -0.2) is 151 Å². The molecule has 0 aliphatic carbocycles. The number of halogens is 6. The molecule has 466 valence electrons. The van der Waals surface area contributed by atoms with Gasteiger partial charge in [0.05, 0.1) is 52.7 Å². The number of carbonyl (C=O) groups is 4. The van der Waals surface area contributed by atoms with Crippen molar-refractivity contribution in [3.8, 4) is 0 Å². The Balaban J connectivity index is 0.000000267. The molecule has 0 amide bonds. The van der Waals surface area contributed by atoms with Gasteiger partial charge in [-0.3, -0.25) is 4.79 Å². The molecule has 0 bridgehead atoms. The van der Waals surface area contributed by atoms with E-state index in [0.29, 0.717) is 55.8 Å². The SMILES string of the molecule is CB(O)N1CCC(c2ccc(S(=O)(=O)c3cccc(F)c3)cc2C(=O)O)C1.CCOC(=O)c1cc(S(=O)(=O)c2cccc(F)c2)ccc1C1CCN(B(C)O)C1.O=C(O)c1cc(S(=O)(=O)c2cccc(F)c2)ccc1C1CCNC1.O=CC(F)(F)F.[Li+].[OH-]. The third-order valence-corrected chi connectivity index (χ3v) is 19.5. The van der Waals surface area contributed by atoms with Crippen molar-refractivity contribution in [1.82, 2.24) is 14.9 Å². The first-order valence-electron chi connectivity index (χ1n) is 26.5. The molecule has 3 aliphatic rings. The second-order valence-corrected chi connectivity index (χ2v) is 25.9. The third-order valence-electron chi connectivity index (χ3n) is 14.3. The molecule has 3 heterocycles. The van der Waals surface area contributed by atoms with Crippen molar-refractivity contribution in [3.63, 3.8) is 0 Å². The predicted molar refractivity (Wildman–Crippen MR) is 305 cm³/mol. The van der Waals surface area contributed by atoms with Crippen LogP contribution >= 0.6 is 0 Å². The molecule has 0 radical (unpaired) electrons. The summed E-state index contributed by atoms with van der Waals surface area (Å²) in [4.78, 5) is 47.2. The van der Waals surface area contributed by atoms with Crippen LogP contribution in [0.3, 0.4) is 0 Å². The zero-order chi connectivity index (χ0) is 63.5. The van der Waals surface area contributed by atoms with Gasteiger partial charge in [-0.15, -0.1) is 0 Å². The fraction of sp³-hybridized carbons (Fsp3) is 0.298. The Morgan fingerprint density at radius 3 is 1.19 bits per heavy atom. The molecule has 0 aromatic heterocycles. The maximum absolute atomic E-state index is 13.5. The number of alkyl halides is 3. The summed E-state index contributed by atoms with van der Waals surface area (Å²) in [6.07, 6.45) is -3.50. The number of hydrogen-bond acceptors (Lipinski definition) is 17. The van der Waals surface area contributed by atoms with E-state index in [1.165, 1.54) is 72.8 Å². The minimum absolute atomic E-state index is 0. The number of carbonyl (C=O) groups excluding carboxylic acids is 2. The molecule has 6 aromatic carbocycles. The van der Waals surface area contributed by atoms with E-state index in [2.05, 4.69) is 5.32 Å². The molecule has 9 rings (SSSR count). The molecule has 3 unspecified atom stereocenters. The Morgan fingerprint density at radius 1 is 0.580 bits per heavy atom. The van der Waals surface area contributed by atoms with Crippen LogP contribution in [-0.2, 0) is 39.0 Å². The van der Waals surface area contributed by atoms with Gasteiger partial charge in [0.25, 0.3) is 0 Å². The molecule has 3 saturated heterocycles. The maximum Gasteiger partial charge on any atom is 1.00 e. The molecule has 19 nitrogen and oxygen atoms in total. The minimum atomic E-state index is -4.64. The van der Waals surface area contributed by atoms with Crippen LogP contribution in [0.1, 0.15) is 91.7 Å². The molecule has 6 N–H and O–H groups in total. The van der Waals surface area contributed by atoms with Gasteiger partial charge < -0.3 is 45.4 Å². The number of benzene rings is 6. The van der Waals surface area contributed by atoms with Crippen LogP contribution in [0.2, 0.25) is 13.6 Å². The largest absolute Gasteiger partial charge is 1.00 e. The molecule has 0 spiro atoms. The van der Waals surface area contributed by atoms with Crippen LogP contribution in [0.25, 0.3) is 0 Å². The van der Waals surface area contributed by atoms with Gasteiger partial charge in [0.15, 0.2) is 0 Å². The average Bonchev–Trinajstić information content (AvgIpc) is 3.13. The van der Waals surface area contributed by atoms with Crippen molar-refractivity contribution in [2.75, 3.05) is 45.9 Å². The van der Waals surface area contributed by atoms with Crippen LogP contribution < -0.4 is 24.2 Å². The number of hydrogen-bond donors (Lipinski definition) is 5. The minimum Gasteiger partial charge on any atom is -0.870 e. The second-order valence-electron chi connectivity index (χ2n) is 20.0. The van der Waals surface area contributed by atoms with Crippen LogP contribution in [0.15, 0.2) is 157 Å². The molecule has 6 aromatic rings. The summed E-state index contributed by atoms with van der Waals surface area (Å²) in [7, 11) is -13.2. The molecule has 3 fully saturated rings. The van der Waals surface area contributed by atoms with Crippen molar-refractivity contribution in [2.45, 2.75) is 93.1 Å². The molecule has 3 aliphatic heterocycles. The Labute approximate surface area is 517 Å². The van der Waals surface area contributed by atoms with Gasteiger partial charge in [-0.2, -0.15) is 13.2 Å². The van der Waals surface area contributed by atoms with Gasteiger partial charge in [-0.05, 0) is 198 Å². The van der Waals surface area contributed by atoms with E-state index >= 15 is 0 Å². The number of esters is 1. The Morgan fingerprint density at radius 2 is 0.909 bits per heavy atom. The van der Waals surface area contributed by atoms with Crippen molar-refractivity contribution < 1.29 is 120 Å². The maximum atomic E-state index is 13.5. The summed E-state index contributed by atoms with van der Waals surface area (Å²) in [5, 5.41) is 41.7. The summed E-state index contributed by atoms with van der Waals surface area (Å²) < 4.78 is 153. The zero-order valence-corrected chi connectivity index (χ0v) is 50.2. The molecular formula is C57H60B2F6LiN3O16S3. The number of sulfone groups is 3. The Hall–Kier alpha value is -6.68. The normalized spacial score (nSPS) is 16.8. The number of ether oxygens (including phenoxy) is 1. The van der Waals surface area contributed by atoms with Crippen LogP contribution in [0.5, 0.6) is 0 Å². The van der Waals surface area contributed by atoms with E-state index in [9.17, 15) is 86.2 Å². The first-order chi connectivity index (χ1) is 40.4. The number of aldehydes is 1. The van der Waals surface area contributed by atoms with Crippen molar-refractivity contribution >= 4 is 67.8 Å². The van der Waals surface area contributed by atoms with Gasteiger partial charge in [0.2, 0.25) is 35.8 Å². The molecule has 31 heteroatoms. The monoisotopic (exact) mass is 1280 g/mol. The van der Waals surface area contributed by atoms with E-state index < -0.39 is 91.4 Å². The fourth-order valence-electron chi connectivity index (χ4n) is 9.92. The van der Waals surface area contributed by atoms with E-state index in [1.807, 2.05) is 9.62 Å². The Bertz CT molecular complexity index is 3810. The number of carboxylic acids is 2. The molecule has 0 saturated carbocycles. The summed E-state index contributed by atoms with van der Waals surface area (Å²) >= 11 is 0. The van der Waals surface area contributed by atoms with E-state index in [1.54, 1.807) is 32.7 Å². The number of aromatic carboxylic acids is 2. The van der Waals surface area contributed by atoms with Crippen LogP contribution in [0, 0.1) is 17.5 Å². The summed E-state index contributed by atoms with van der Waals surface area (Å²) in [6.45, 7) is 8.98. The fourth-order valence-corrected chi connectivity index (χ4v) is 13.9. The topological polar surface area (TPSA) is 309 Å². The van der Waals surface area contributed by atoms with Crippen molar-refractivity contribution in [3.05, 3.63) is 178 Å². The smallest absolute Gasteiger partial charge is 0.870 e. The predicted octanol–water partition coefficient (Wildman–Crippen LogP) is 5.00. The van der Waals surface area contributed by atoms with E-state index in [4.69, 9.17) is 9.53 Å². The van der Waals surface area contributed by atoms with Gasteiger partial charge in [-0.1, -0.05) is 36.4 Å². The van der Waals surface area contributed by atoms with Crippen molar-refractivity contribution in [2.24, 2.45) is 0 Å². The van der Waals surface area contributed by atoms with E-state index in [-0.39, 0.29) is 94.8 Å². The zero-order valence-electron chi connectivity index (χ0n) is 47.8. The van der Waals surface area contributed by atoms with Gasteiger partial charge in [0.1, 0.15) is 17.5 Å². The number of carboxylic acid groups (broad SMARTS) is 2. The third kappa shape index (κ3) is 18.7. The Kier molecular flexibility index (Phi) is 26.6. The summed E-state index contributed by atoms with van der Waals surface area (Å²) in [5.74, 6) is -5.11. The second kappa shape index (κ2) is 31.7. The average molecular weight is 1280 g/mol. The van der Waals surface area contributed by atoms with Gasteiger partial charge in [0, 0.05) is 6.54 Å². The van der Waals surface area contributed by atoms with Crippen molar-refractivity contribution in [1.29, 1.82) is 0 Å². The number of rotatable bonds is 15. The van der Waals surface area contributed by atoms with Gasteiger partial charge in [-0.25, -0.2) is 52.8 Å². The standard InChI is InChI=1S/C20H23BFNO5S.C18H19BFNO5S.C17H16FNO4S.C2HF3O.Li.H2O/c1-3-28-20(24)19-12-17(29(26,27)16-6-4-5-15(22)11-16)7-8-18(19)14-9-10-23(13-14)21(2)25;1-19(24)21-8-7-12(11-21)16-6-5-15(10-17(16)18(22)23)27(25,26)14-4-2-3-13(20)9-14;18-12-2-1-3-13(8-12)24(22,23)14-4-5-15(11-6-7-19-10-11)16(9-14)17(20)21;3-2(4,5)1-6;;/h4-8,11-12,14,25H,3,9-10,13H2,1-2H3;2-6,9-10,12,24H,7-8,11H2,1H3,(H,22,23);1-5,8-9,11,19H,6-7,10H2,(H,20,21);1H;;1H2/q;;;;+1;/p-1. The first kappa shape index (κ1) is 73.8. The summed E-state index contributed by atoms with van der Waals surface area (Å²) in [6, 6.07) is 26.5. The molecule has 88 heavy (non-hydrogen) atoms. The quantitative estimate of drug-likeness (QED) is 0.0391. The first-order valence-corrected chi connectivity index (χ1v) is 31.0. The van der Waals surface area contributed by atoms with Gasteiger partial charge >= 0.3 is 57.0 Å². The number of nitrogens with one attached hydrogen (secondary N) is 1. The number of nitrogens with zero attached hydrogens (tertiary/aromatic N) is 2. The summed E-state index contributed by atoms with van der Waals surface area (Å²) in [5.41, 5.74) is 1.90.